The van der Waals surface area contributed by atoms with Gasteiger partial charge in [0, 0.05) is 18.0 Å². The van der Waals surface area contributed by atoms with Crippen LogP contribution in [0, 0.1) is 18.3 Å². The first-order valence-corrected chi connectivity index (χ1v) is 9.69. The molecule has 0 spiro atoms. The highest BCUT2D eigenvalue weighted by atomic mass is 16.5. The van der Waals surface area contributed by atoms with Gasteiger partial charge in [-0.15, -0.1) is 0 Å². The SMILES string of the molecule is CCOC(=O)C1=C(C)N(Cc2ccccc2C#N)C(=O)C[C@@H]1c1cccc(C)c1. The highest BCUT2D eigenvalue weighted by molar-refractivity contribution is 5.95. The molecule has 0 unspecified atom stereocenters. The number of amides is 1. The summed E-state index contributed by atoms with van der Waals surface area (Å²) in [5.74, 6) is -0.818. The number of benzene rings is 2. The van der Waals surface area contributed by atoms with Gasteiger partial charge in [-0.1, -0.05) is 48.0 Å². The fourth-order valence-electron chi connectivity index (χ4n) is 3.79. The molecule has 1 atom stereocenters. The summed E-state index contributed by atoms with van der Waals surface area (Å²) in [6, 6.07) is 17.2. The quantitative estimate of drug-likeness (QED) is 0.719. The molecule has 0 bridgehead atoms. The zero-order valence-corrected chi connectivity index (χ0v) is 16.9. The van der Waals surface area contributed by atoms with Crippen molar-refractivity contribution >= 4 is 11.9 Å². The van der Waals surface area contributed by atoms with Crippen molar-refractivity contribution in [3.8, 4) is 6.07 Å². The van der Waals surface area contributed by atoms with Crippen LogP contribution in [0.3, 0.4) is 0 Å². The lowest BCUT2D eigenvalue weighted by Crippen LogP contribution is -2.38. The first-order chi connectivity index (χ1) is 14.0. The number of nitrogens with zero attached hydrogens (tertiary/aromatic N) is 2. The van der Waals surface area contributed by atoms with Gasteiger partial charge in [0.1, 0.15) is 0 Å². The summed E-state index contributed by atoms with van der Waals surface area (Å²) in [5.41, 5.74) is 4.36. The number of rotatable bonds is 5. The molecule has 0 aliphatic carbocycles. The monoisotopic (exact) mass is 388 g/mol. The van der Waals surface area contributed by atoms with Crippen LogP contribution in [0.4, 0.5) is 0 Å². The van der Waals surface area contributed by atoms with Gasteiger partial charge in [-0.3, -0.25) is 4.79 Å². The molecule has 0 fully saturated rings. The summed E-state index contributed by atoms with van der Waals surface area (Å²) >= 11 is 0. The molecule has 1 aliphatic heterocycles. The third-order valence-electron chi connectivity index (χ3n) is 5.23. The molecule has 5 heteroatoms. The second-order valence-electron chi connectivity index (χ2n) is 7.14. The summed E-state index contributed by atoms with van der Waals surface area (Å²) < 4.78 is 5.33. The average Bonchev–Trinajstić information content (AvgIpc) is 2.71. The Hall–Kier alpha value is -3.39. The zero-order chi connectivity index (χ0) is 21.0. The van der Waals surface area contributed by atoms with Crippen molar-refractivity contribution in [1.29, 1.82) is 5.26 Å². The van der Waals surface area contributed by atoms with Gasteiger partial charge in [-0.05, 0) is 38.0 Å². The van der Waals surface area contributed by atoms with E-state index in [1.54, 1.807) is 30.9 Å². The molecule has 3 rings (SSSR count). The number of esters is 1. The van der Waals surface area contributed by atoms with Crippen LogP contribution in [0.5, 0.6) is 0 Å². The maximum Gasteiger partial charge on any atom is 0.336 e. The van der Waals surface area contributed by atoms with Crippen molar-refractivity contribution in [2.24, 2.45) is 0 Å². The van der Waals surface area contributed by atoms with Crippen molar-refractivity contribution in [3.63, 3.8) is 0 Å². The molecule has 0 saturated heterocycles. The number of carbonyl (C=O) groups is 2. The van der Waals surface area contributed by atoms with E-state index in [-0.39, 0.29) is 31.4 Å². The van der Waals surface area contributed by atoms with Crippen LogP contribution >= 0.6 is 0 Å². The third kappa shape index (κ3) is 4.22. The van der Waals surface area contributed by atoms with Crippen LogP contribution in [0.2, 0.25) is 0 Å². The molecule has 29 heavy (non-hydrogen) atoms. The van der Waals surface area contributed by atoms with Crippen molar-refractivity contribution in [1.82, 2.24) is 4.90 Å². The van der Waals surface area contributed by atoms with Crippen LogP contribution < -0.4 is 0 Å². The number of ether oxygens (including phenoxy) is 1. The number of hydrogen-bond acceptors (Lipinski definition) is 4. The number of carbonyl (C=O) groups excluding carboxylic acids is 2. The van der Waals surface area contributed by atoms with E-state index in [0.29, 0.717) is 16.8 Å². The van der Waals surface area contributed by atoms with E-state index >= 15 is 0 Å². The zero-order valence-electron chi connectivity index (χ0n) is 16.9. The van der Waals surface area contributed by atoms with Gasteiger partial charge in [-0.25, -0.2) is 4.79 Å². The summed E-state index contributed by atoms with van der Waals surface area (Å²) in [7, 11) is 0. The van der Waals surface area contributed by atoms with Crippen molar-refractivity contribution in [2.75, 3.05) is 6.61 Å². The molecule has 1 amide bonds. The Labute approximate surface area is 171 Å². The number of hydrogen-bond donors (Lipinski definition) is 0. The molecule has 148 valence electrons. The lowest BCUT2D eigenvalue weighted by atomic mass is 9.83. The van der Waals surface area contributed by atoms with Crippen LogP contribution in [-0.4, -0.2) is 23.4 Å². The second kappa shape index (κ2) is 8.74. The van der Waals surface area contributed by atoms with Gasteiger partial charge >= 0.3 is 5.97 Å². The van der Waals surface area contributed by atoms with Gasteiger partial charge in [0.2, 0.25) is 5.91 Å². The standard InChI is InChI=1S/C24H24N2O3/c1-4-29-24(28)23-17(3)26(15-20-10-6-5-9-19(20)14-25)22(27)13-21(23)18-11-7-8-16(2)12-18/h5-12,21H,4,13,15H2,1-3H3/t21-/m1/s1. The highest BCUT2D eigenvalue weighted by Gasteiger charge is 2.37. The molecule has 5 nitrogen and oxygen atoms in total. The number of aryl methyl sites for hydroxylation is 1. The molecule has 2 aromatic carbocycles. The summed E-state index contributed by atoms with van der Waals surface area (Å²) in [6.07, 6.45) is 0.184. The summed E-state index contributed by atoms with van der Waals surface area (Å²) in [5, 5.41) is 9.37. The summed E-state index contributed by atoms with van der Waals surface area (Å²) in [4.78, 5) is 27.5. The van der Waals surface area contributed by atoms with Crippen molar-refractivity contribution in [3.05, 3.63) is 82.1 Å². The van der Waals surface area contributed by atoms with E-state index in [2.05, 4.69) is 6.07 Å². The third-order valence-corrected chi connectivity index (χ3v) is 5.23. The van der Waals surface area contributed by atoms with Crippen molar-refractivity contribution in [2.45, 2.75) is 39.7 Å². The first-order valence-electron chi connectivity index (χ1n) is 9.69. The van der Waals surface area contributed by atoms with Crippen molar-refractivity contribution < 1.29 is 14.3 Å². The minimum absolute atomic E-state index is 0.0743. The van der Waals surface area contributed by atoms with Gasteiger partial charge in [0.05, 0.1) is 30.4 Å². The van der Waals surface area contributed by atoms with E-state index in [0.717, 1.165) is 16.7 Å². The largest absolute Gasteiger partial charge is 0.463 e. The lowest BCUT2D eigenvalue weighted by molar-refractivity contribution is -0.140. The predicted octanol–water partition coefficient (Wildman–Crippen LogP) is 4.22. The average molecular weight is 388 g/mol. The molecular formula is C24H24N2O3. The fraction of sp³-hybridized carbons (Fsp3) is 0.292. The molecule has 2 aromatic rings. The summed E-state index contributed by atoms with van der Waals surface area (Å²) in [6.45, 7) is 6.05. The minimum atomic E-state index is -0.400. The maximum absolute atomic E-state index is 13.1. The minimum Gasteiger partial charge on any atom is -0.463 e. The molecular weight excluding hydrogens is 364 g/mol. The van der Waals surface area contributed by atoms with Gasteiger partial charge in [-0.2, -0.15) is 5.26 Å². The van der Waals surface area contributed by atoms with E-state index in [1.165, 1.54) is 0 Å². The van der Waals surface area contributed by atoms with Gasteiger partial charge < -0.3 is 9.64 Å². The van der Waals surface area contributed by atoms with E-state index in [4.69, 9.17) is 4.74 Å². The van der Waals surface area contributed by atoms with Crippen LogP contribution in [0.1, 0.15) is 48.4 Å². The molecule has 0 saturated carbocycles. The molecule has 0 radical (unpaired) electrons. The Kier molecular flexibility index (Phi) is 6.13. The van der Waals surface area contributed by atoms with Gasteiger partial charge in [0.15, 0.2) is 0 Å². The van der Waals surface area contributed by atoms with Crippen LogP contribution in [0.15, 0.2) is 59.8 Å². The Morgan fingerprint density at radius 1 is 1.21 bits per heavy atom. The number of allylic oxidation sites excluding steroid dienone is 1. The Bertz CT molecular complexity index is 1020. The smallest absolute Gasteiger partial charge is 0.336 e. The van der Waals surface area contributed by atoms with E-state index in [9.17, 15) is 14.9 Å². The normalized spacial score (nSPS) is 16.6. The topological polar surface area (TPSA) is 70.4 Å². The Balaban J connectivity index is 2.06. The van der Waals surface area contributed by atoms with E-state index in [1.807, 2.05) is 43.3 Å². The molecule has 1 heterocycles. The Morgan fingerprint density at radius 2 is 1.97 bits per heavy atom. The van der Waals surface area contributed by atoms with Gasteiger partial charge in [0.25, 0.3) is 0 Å². The molecule has 1 aliphatic rings. The second-order valence-corrected chi connectivity index (χ2v) is 7.14. The Morgan fingerprint density at radius 3 is 2.66 bits per heavy atom. The number of nitriles is 1. The highest BCUT2D eigenvalue weighted by Crippen LogP contribution is 2.38. The predicted molar refractivity (Wildman–Crippen MR) is 110 cm³/mol. The first kappa shape index (κ1) is 20.3. The van der Waals surface area contributed by atoms with Crippen LogP contribution in [-0.2, 0) is 20.9 Å². The lowest BCUT2D eigenvalue weighted by Gasteiger charge is -2.34. The fourth-order valence-corrected chi connectivity index (χ4v) is 3.79. The van der Waals surface area contributed by atoms with Crippen LogP contribution in [0.25, 0.3) is 0 Å². The molecule has 0 aromatic heterocycles. The maximum atomic E-state index is 13.1. The molecule has 0 N–H and O–H groups in total. The van der Waals surface area contributed by atoms with E-state index < -0.39 is 5.97 Å².